The first-order valence-corrected chi connectivity index (χ1v) is 7.19. The lowest BCUT2D eigenvalue weighted by molar-refractivity contribution is -0.140. The molecule has 0 aromatic heterocycles. The summed E-state index contributed by atoms with van der Waals surface area (Å²) < 4.78 is 29.9. The molecule has 0 amide bonds. The second kappa shape index (κ2) is 6.23. The van der Waals surface area contributed by atoms with E-state index in [1.165, 1.54) is 32.4 Å². The third kappa shape index (κ3) is 3.82. The zero-order valence-electron chi connectivity index (χ0n) is 10.6. The average molecular weight is 307 g/mol. The number of halogens is 1. The Hall–Kier alpha value is -1.31. The van der Waals surface area contributed by atoms with Gasteiger partial charge >= 0.3 is 5.97 Å². The van der Waals surface area contributed by atoms with Crippen molar-refractivity contribution >= 4 is 33.3 Å². The van der Waals surface area contributed by atoms with Crippen LogP contribution in [0.15, 0.2) is 23.1 Å². The molecule has 0 atom stereocenters. The van der Waals surface area contributed by atoms with E-state index >= 15 is 0 Å². The number of hydrogen-bond acceptors (Lipinski definition) is 5. The number of hydrogen-bond donors (Lipinski definition) is 1. The molecule has 1 aromatic rings. The van der Waals surface area contributed by atoms with E-state index in [4.69, 9.17) is 17.3 Å². The Bertz CT molecular complexity index is 574. The van der Waals surface area contributed by atoms with Gasteiger partial charge in [-0.1, -0.05) is 11.6 Å². The Balaban J connectivity index is 2.90. The van der Waals surface area contributed by atoms with Crippen molar-refractivity contribution < 1.29 is 17.9 Å². The Morgan fingerprint density at radius 1 is 1.47 bits per heavy atom. The highest BCUT2D eigenvalue weighted by molar-refractivity contribution is 7.89. The van der Waals surface area contributed by atoms with Gasteiger partial charge in [0.15, 0.2) is 0 Å². The fourth-order valence-electron chi connectivity index (χ4n) is 1.33. The van der Waals surface area contributed by atoms with E-state index in [1.54, 1.807) is 0 Å². The Morgan fingerprint density at radius 2 is 2.11 bits per heavy atom. The number of rotatable bonds is 5. The van der Waals surface area contributed by atoms with Gasteiger partial charge in [0.1, 0.15) is 0 Å². The number of sulfonamides is 1. The normalized spacial score (nSPS) is 11.6. The fourth-order valence-corrected chi connectivity index (χ4v) is 2.66. The molecule has 106 valence electrons. The van der Waals surface area contributed by atoms with Crippen molar-refractivity contribution in [2.75, 3.05) is 26.4 Å². The van der Waals surface area contributed by atoms with Crippen molar-refractivity contribution in [3.63, 3.8) is 0 Å². The minimum absolute atomic E-state index is 0.0185. The maximum atomic E-state index is 12.2. The molecule has 0 aliphatic heterocycles. The molecule has 0 saturated heterocycles. The van der Waals surface area contributed by atoms with Gasteiger partial charge < -0.3 is 10.5 Å². The minimum atomic E-state index is -3.70. The lowest BCUT2D eigenvalue weighted by Gasteiger charge is -2.17. The number of anilines is 1. The lowest BCUT2D eigenvalue weighted by Crippen LogP contribution is -2.29. The summed E-state index contributed by atoms with van der Waals surface area (Å²) in [5, 5.41) is 0.288. The van der Waals surface area contributed by atoms with E-state index < -0.39 is 16.0 Å². The molecule has 0 bridgehead atoms. The molecule has 0 fully saturated rings. The standard InChI is InChI=1S/C11H15ClN2O4S/c1-14(6-5-11(15)18-2)19(16,17)8-3-4-9(12)10(13)7-8/h3-4,7H,5-6,13H2,1-2H3. The highest BCUT2D eigenvalue weighted by Gasteiger charge is 2.22. The van der Waals surface area contributed by atoms with Gasteiger partial charge in [-0.05, 0) is 18.2 Å². The van der Waals surface area contributed by atoms with Crippen molar-refractivity contribution in [3.8, 4) is 0 Å². The first-order valence-electron chi connectivity index (χ1n) is 5.37. The summed E-state index contributed by atoms with van der Waals surface area (Å²) in [5.74, 6) is -0.474. The Kier molecular flexibility index (Phi) is 5.16. The van der Waals surface area contributed by atoms with Crippen molar-refractivity contribution in [1.82, 2.24) is 4.31 Å². The van der Waals surface area contributed by atoms with E-state index in [0.29, 0.717) is 0 Å². The zero-order valence-corrected chi connectivity index (χ0v) is 12.2. The van der Waals surface area contributed by atoms with Crippen LogP contribution in [-0.4, -0.2) is 39.4 Å². The summed E-state index contributed by atoms with van der Waals surface area (Å²) in [7, 11) is -1.07. The zero-order chi connectivity index (χ0) is 14.6. The van der Waals surface area contributed by atoms with Crippen LogP contribution < -0.4 is 5.73 Å². The molecular formula is C11H15ClN2O4S. The van der Waals surface area contributed by atoms with Crippen LogP contribution in [0.3, 0.4) is 0 Å². The van der Waals surface area contributed by atoms with Crippen LogP contribution in [0.2, 0.25) is 5.02 Å². The van der Waals surface area contributed by atoms with E-state index in [9.17, 15) is 13.2 Å². The predicted molar refractivity (Wildman–Crippen MR) is 72.3 cm³/mol. The van der Waals surface area contributed by atoms with Crippen LogP contribution in [0.25, 0.3) is 0 Å². The second-order valence-corrected chi connectivity index (χ2v) is 6.29. The molecule has 19 heavy (non-hydrogen) atoms. The number of methoxy groups -OCH3 is 1. The van der Waals surface area contributed by atoms with Crippen LogP contribution in [0.1, 0.15) is 6.42 Å². The summed E-state index contributed by atoms with van der Waals surface area (Å²) in [6.45, 7) is 0.0253. The van der Waals surface area contributed by atoms with Gasteiger partial charge in [-0.15, -0.1) is 0 Å². The van der Waals surface area contributed by atoms with Crippen LogP contribution in [0.4, 0.5) is 5.69 Å². The van der Waals surface area contributed by atoms with Gasteiger partial charge in [-0.25, -0.2) is 12.7 Å². The summed E-state index contributed by atoms with van der Waals surface area (Å²) >= 11 is 5.74. The largest absolute Gasteiger partial charge is 0.469 e. The minimum Gasteiger partial charge on any atom is -0.469 e. The summed E-state index contributed by atoms with van der Waals surface area (Å²) in [6.07, 6.45) is -0.0185. The first-order chi connectivity index (χ1) is 8.78. The van der Waals surface area contributed by atoms with Gasteiger partial charge in [0.25, 0.3) is 0 Å². The smallest absolute Gasteiger partial charge is 0.306 e. The molecule has 0 saturated carbocycles. The van der Waals surface area contributed by atoms with Gasteiger partial charge in [0.05, 0.1) is 29.1 Å². The highest BCUT2D eigenvalue weighted by Crippen LogP contribution is 2.24. The number of nitrogens with two attached hydrogens (primary N) is 1. The number of esters is 1. The Labute approximate surface area is 117 Å². The van der Waals surface area contributed by atoms with Gasteiger partial charge in [0, 0.05) is 13.6 Å². The molecule has 2 N–H and O–H groups in total. The quantitative estimate of drug-likeness (QED) is 0.650. The molecule has 0 heterocycles. The van der Waals surface area contributed by atoms with Gasteiger partial charge in [-0.2, -0.15) is 0 Å². The molecule has 0 spiro atoms. The SMILES string of the molecule is COC(=O)CCN(C)S(=O)(=O)c1ccc(Cl)c(N)c1. The van der Waals surface area contributed by atoms with Crippen LogP contribution >= 0.6 is 11.6 Å². The summed E-state index contributed by atoms with van der Waals surface area (Å²) in [4.78, 5) is 11.0. The molecule has 0 radical (unpaired) electrons. The van der Waals surface area contributed by atoms with E-state index in [-0.39, 0.29) is 28.6 Å². The molecule has 0 aliphatic rings. The molecule has 6 nitrogen and oxygen atoms in total. The van der Waals surface area contributed by atoms with E-state index in [1.807, 2.05) is 0 Å². The number of nitrogen functional groups attached to an aromatic ring is 1. The third-order valence-corrected chi connectivity index (χ3v) is 4.73. The van der Waals surface area contributed by atoms with Crippen LogP contribution in [0.5, 0.6) is 0 Å². The predicted octanol–water partition coefficient (Wildman–Crippen LogP) is 1.11. The van der Waals surface area contributed by atoms with Crippen molar-refractivity contribution in [1.29, 1.82) is 0 Å². The lowest BCUT2D eigenvalue weighted by atomic mass is 10.3. The first kappa shape index (κ1) is 15.7. The number of carbonyl (C=O) groups excluding carboxylic acids is 1. The van der Waals surface area contributed by atoms with Crippen LogP contribution in [0, 0.1) is 0 Å². The maximum absolute atomic E-state index is 12.2. The summed E-state index contributed by atoms with van der Waals surface area (Å²) in [5.41, 5.74) is 5.76. The van der Waals surface area contributed by atoms with E-state index in [2.05, 4.69) is 4.74 Å². The maximum Gasteiger partial charge on any atom is 0.306 e. The van der Waals surface area contributed by atoms with E-state index in [0.717, 1.165) is 4.31 Å². The third-order valence-electron chi connectivity index (χ3n) is 2.53. The molecule has 0 unspecified atom stereocenters. The molecule has 8 heteroatoms. The number of carbonyl (C=O) groups is 1. The van der Waals surface area contributed by atoms with Crippen LogP contribution in [-0.2, 0) is 19.6 Å². The highest BCUT2D eigenvalue weighted by atomic mass is 35.5. The Morgan fingerprint density at radius 3 is 2.63 bits per heavy atom. The monoisotopic (exact) mass is 306 g/mol. The molecule has 0 aliphatic carbocycles. The number of nitrogens with zero attached hydrogens (tertiary/aromatic N) is 1. The fraction of sp³-hybridized carbons (Fsp3) is 0.364. The molecule has 1 aromatic carbocycles. The molecular weight excluding hydrogens is 292 g/mol. The number of ether oxygens (including phenoxy) is 1. The number of benzene rings is 1. The van der Waals surface area contributed by atoms with Gasteiger partial charge in [0.2, 0.25) is 10.0 Å². The summed E-state index contributed by atoms with van der Waals surface area (Å²) in [6, 6.07) is 4.06. The van der Waals surface area contributed by atoms with Crippen molar-refractivity contribution in [3.05, 3.63) is 23.2 Å². The van der Waals surface area contributed by atoms with Gasteiger partial charge in [-0.3, -0.25) is 4.79 Å². The second-order valence-electron chi connectivity index (χ2n) is 3.84. The topological polar surface area (TPSA) is 89.7 Å². The molecule has 1 rings (SSSR count). The average Bonchev–Trinajstić information content (AvgIpc) is 2.38. The van der Waals surface area contributed by atoms with Crippen molar-refractivity contribution in [2.45, 2.75) is 11.3 Å². The van der Waals surface area contributed by atoms with Crippen molar-refractivity contribution in [2.24, 2.45) is 0 Å².